The Balaban J connectivity index is 0.00000289. The highest BCUT2D eigenvalue weighted by atomic mass is 127. The van der Waals surface area contributed by atoms with Crippen molar-refractivity contribution in [3.63, 3.8) is 0 Å². The first-order valence-electron chi connectivity index (χ1n) is 12.1. The third kappa shape index (κ3) is 5.76. The molecular weight excluding hydrogens is 551 g/mol. The minimum absolute atomic E-state index is 0. The fourth-order valence-corrected chi connectivity index (χ4v) is 5.02. The molecule has 2 N–H and O–H groups in total. The molecular formula is C29H32IN2O3-. The number of aryl methyl sites for hydroxylation is 1. The van der Waals surface area contributed by atoms with Gasteiger partial charge in [-0.2, -0.15) is 0 Å². The van der Waals surface area contributed by atoms with Crippen LogP contribution in [0.5, 0.6) is 17.2 Å². The van der Waals surface area contributed by atoms with E-state index in [-0.39, 0.29) is 35.5 Å². The number of phenols is 2. The summed E-state index contributed by atoms with van der Waals surface area (Å²) >= 11 is 0. The second-order valence-corrected chi connectivity index (χ2v) is 9.20. The molecule has 1 aliphatic rings. The van der Waals surface area contributed by atoms with E-state index in [4.69, 9.17) is 4.74 Å². The summed E-state index contributed by atoms with van der Waals surface area (Å²) in [5.74, 6) is 1.41. The number of rotatable bonds is 7. The number of hydrogen-bond acceptors (Lipinski definition) is 4. The molecule has 5 rings (SSSR count). The molecule has 184 valence electrons. The highest BCUT2D eigenvalue weighted by molar-refractivity contribution is 5.92. The summed E-state index contributed by atoms with van der Waals surface area (Å²) in [4.78, 5) is 2.49. The number of hydrogen-bond donors (Lipinski definition) is 2. The van der Waals surface area contributed by atoms with Crippen molar-refractivity contribution >= 4 is 10.9 Å². The quantitative estimate of drug-likeness (QED) is 0.329. The molecule has 6 heteroatoms. The van der Waals surface area contributed by atoms with Crippen LogP contribution in [0.1, 0.15) is 30.4 Å². The molecule has 0 amide bonds. The van der Waals surface area contributed by atoms with Crippen LogP contribution in [0.25, 0.3) is 22.2 Å². The highest BCUT2D eigenvalue weighted by Crippen LogP contribution is 2.36. The Labute approximate surface area is 224 Å². The Morgan fingerprint density at radius 2 is 1.51 bits per heavy atom. The number of likely N-dealkylation sites (tertiary alicyclic amines) is 1. The zero-order valence-electron chi connectivity index (χ0n) is 20.1. The second-order valence-electron chi connectivity index (χ2n) is 9.20. The van der Waals surface area contributed by atoms with Crippen molar-refractivity contribution < 1.29 is 38.9 Å². The second kappa shape index (κ2) is 11.4. The van der Waals surface area contributed by atoms with Crippen molar-refractivity contribution in [3.8, 4) is 28.5 Å². The third-order valence-corrected chi connectivity index (χ3v) is 6.83. The van der Waals surface area contributed by atoms with Crippen LogP contribution in [-0.2, 0) is 6.54 Å². The minimum Gasteiger partial charge on any atom is -1.00 e. The lowest BCUT2D eigenvalue weighted by molar-refractivity contribution is -0.00000938. The van der Waals surface area contributed by atoms with E-state index in [1.54, 1.807) is 18.2 Å². The summed E-state index contributed by atoms with van der Waals surface area (Å²) in [6.45, 7) is 6.86. The van der Waals surface area contributed by atoms with Gasteiger partial charge in [-0.15, -0.1) is 0 Å². The molecule has 35 heavy (non-hydrogen) atoms. The molecule has 3 aromatic carbocycles. The maximum atomic E-state index is 10.1. The van der Waals surface area contributed by atoms with Crippen LogP contribution < -0.4 is 28.7 Å². The lowest BCUT2D eigenvalue weighted by Crippen LogP contribution is -3.00. The van der Waals surface area contributed by atoms with Gasteiger partial charge in [-0.1, -0.05) is 18.6 Å². The van der Waals surface area contributed by atoms with Gasteiger partial charge in [0.1, 0.15) is 23.9 Å². The summed E-state index contributed by atoms with van der Waals surface area (Å²) in [6, 6.07) is 21.2. The summed E-state index contributed by atoms with van der Waals surface area (Å²) in [5.41, 5.74) is 5.47. The normalized spacial score (nSPS) is 14.1. The number of aromatic nitrogens is 1. The lowest BCUT2D eigenvalue weighted by Gasteiger charge is -2.26. The molecule has 0 aliphatic carbocycles. The number of ether oxygens (including phenoxy) is 1. The van der Waals surface area contributed by atoms with E-state index in [2.05, 4.69) is 40.7 Å². The molecule has 0 radical (unpaired) electrons. The molecule has 4 aromatic rings. The van der Waals surface area contributed by atoms with Gasteiger partial charge in [0.25, 0.3) is 0 Å². The zero-order valence-corrected chi connectivity index (χ0v) is 22.2. The van der Waals surface area contributed by atoms with Gasteiger partial charge in [-0.3, -0.25) is 4.90 Å². The van der Waals surface area contributed by atoms with Crippen molar-refractivity contribution in [2.75, 3.05) is 26.2 Å². The molecule has 1 fully saturated rings. The lowest BCUT2D eigenvalue weighted by atomic mass is 10.1. The number of halogens is 1. The van der Waals surface area contributed by atoms with Crippen molar-refractivity contribution in [3.05, 3.63) is 77.9 Å². The summed E-state index contributed by atoms with van der Waals surface area (Å²) in [6.07, 6.45) is 3.95. The smallest absolute Gasteiger partial charge is 0.119 e. The summed E-state index contributed by atoms with van der Waals surface area (Å²) < 4.78 is 8.29. The molecule has 1 saturated heterocycles. The summed E-state index contributed by atoms with van der Waals surface area (Å²) in [5, 5.41) is 20.9. The molecule has 1 aromatic heterocycles. The number of benzene rings is 3. The first-order valence-corrected chi connectivity index (χ1v) is 12.1. The van der Waals surface area contributed by atoms with Crippen LogP contribution in [0, 0.1) is 6.92 Å². The third-order valence-electron chi connectivity index (χ3n) is 6.83. The molecule has 0 unspecified atom stereocenters. The maximum Gasteiger partial charge on any atom is 0.119 e. The van der Waals surface area contributed by atoms with Crippen molar-refractivity contribution in [2.24, 2.45) is 0 Å². The van der Waals surface area contributed by atoms with Gasteiger partial charge in [0.15, 0.2) is 0 Å². The molecule has 0 spiro atoms. The van der Waals surface area contributed by atoms with Gasteiger partial charge in [0.2, 0.25) is 0 Å². The Morgan fingerprint density at radius 1 is 0.829 bits per heavy atom. The van der Waals surface area contributed by atoms with E-state index in [0.29, 0.717) is 6.54 Å². The Morgan fingerprint density at radius 3 is 2.23 bits per heavy atom. The van der Waals surface area contributed by atoms with E-state index in [9.17, 15) is 10.2 Å². The molecule has 0 atom stereocenters. The monoisotopic (exact) mass is 583 g/mol. The largest absolute Gasteiger partial charge is 1.00 e. The number of piperidine rings is 1. The van der Waals surface area contributed by atoms with E-state index in [1.807, 2.05) is 24.3 Å². The van der Waals surface area contributed by atoms with Crippen LogP contribution in [0.15, 0.2) is 66.7 Å². The summed E-state index contributed by atoms with van der Waals surface area (Å²) in [7, 11) is 0. The fourth-order valence-electron chi connectivity index (χ4n) is 5.02. The predicted molar refractivity (Wildman–Crippen MR) is 137 cm³/mol. The SMILES string of the molecule is Cc1c(-c2ccc(O)cc2)n(Cc2ccc(OCCN3CCCCC3)cc2)c2ccc(O)cc12.[I-]. The average Bonchev–Trinajstić information content (AvgIpc) is 3.12. The van der Waals surface area contributed by atoms with Gasteiger partial charge >= 0.3 is 0 Å². The minimum atomic E-state index is 0. The Bertz CT molecular complexity index is 1260. The number of phenolic OH excluding ortho intramolecular Hbond substituents is 2. The van der Waals surface area contributed by atoms with Gasteiger partial charge in [-0.05, 0) is 104 Å². The van der Waals surface area contributed by atoms with Gasteiger partial charge in [0, 0.05) is 24.0 Å². The van der Waals surface area contributed by atoms with Gasteiger partial charge in [-0.25, -0.2) is 0 Å². The topological polar surface area (TPSA) is 57.9 Å². The molecule has 0 bridgehead atoms. The van der Waals surface area contributed by atoms with E-state index in [0.717, 1.165) is 46.6 Å². The highest BCUT2D eigenvalue weighted by Gasteiger charge is 2.17. The molecule has 5 nitrogen and oxygen atoms in total. The van der Waals surface area contributed by atoms with Crippen LogP contribution in [0.4, 0.5) is 0 Å². The van der Waals surface area contributed by atoms with Crippen molar-refractivity contribution in [1.82, 2.24) is 9.47 Å². The number of nitrogens with zero attached hydrogens (tertiary/aromatic N) is 2. The first kappa shape index (κ1) is 25.4. The van der Waals surface area contributed by atoms with Crippen LogP contribution in [-0.4, -0.2) is 45.9 Å². The van der Waals surface area contributed by atoms with E-state index in [1.165, 1.54) is 37.9 Å². The van der Waals surface area contributed by atoms with Gasteiger partial charge in [0.05, 0.1) is 5.69 Å². The number of fused-ring (bicyclic) bond motifs is 1. The first-order chi connectivity index (χ1) is 16.6. The van der Waals surface area contributed by atoms with E-state index < -0.39 is 0 Å². The van der Waals surface area contributed by atoms with Crippen LogP contribution in [0.2, 0.25) is 0 Å². The van der Waals surface area contributed by atoms with Crippen LogP contribution >= 0.6 is 0 Å². The van der Waals surface area contributed by atoms with Crippen molar-refractivity contribution in [1.29, 1.82) is 0 Å². The standard InChI is InChI=1S/C29H32N2O3.HI/c1-21-27-19-25(33)11-14-28(27)31(29(21)23-7-9-24(32)10-8-23)20-22-5-12-26(13-6-22)34-18-17-30-15-3-2-4-16-30;/h5-14,19,32-33H,2-4,15-18,20H2,1H3;1H/p-1. The molecule has 2 heterocycles. The fraction of sp³-hybridized carbons (Fsp3) is 0.310. The number of aromatic hydroxyl groups is 2. The predicted octanol–water partition coefficient (Wildman–Crippen LogP) is 2.94. The molecule has 1 aliphatic heterocycles. The Kier molecular flexibility index (Phi) is 8.23. The van der Waals surface area contributed by atoms with Gasteiger partial charge < -0.3 is 43.5 Å². The average molecular weight is 583 g/mol. The maximum absolute atomic E-state index is 10.1. The van der Waals surface area contributed by atoms with Crippen LogP contribution in [0.3, 0.4) is 0 Å². The zero-order chi connectivity index (χ0) is 23.5. The van der Waals surface area contributed by atoms with Crippen molar-refractivity contribution in [2.45, 2.75) is 32.7 Å². The molecule has 0 saturated carbocycles. The Hall–Kier alpha value is -2.71. The van der Waals surface area contributed by atoms with E-state index >= 15 is 0 Å².